The first-order chi connectivity index (χ1) is 4.93. The van der Waals surface area contributed by atoms with Crippen LogP contribution in [0.25, 0.3) is 0 Å². The zero-order chi connectivity index (χ0) is 7.23. The van der Waals surface area contributed by atoms with Crippen molar-refractivity contribution < 1.29 is 0 Å². The van der Waals surface area contributed by atoms with Crippen molar-refractivity contribution in [3.05, 3.63) is 12.7 Å². The van der Waals surface area contributed by atoms with Crippen LogP contribution in [-0.2, 0) is 0 Å². The summed E-state index contributed by atoms with van der Waals surface area (Å²) < 4.78 is 0. The van der Waals surface area contributed by atoms with E-state index in [2.05, 4.69) is 11.9 Å². The maximum absolute atomic E-state index is 3.68. The number of hydrogen-bond donors (Lipinski definition) is 1. The van der Waals surface area contributed by atoms with Gasteiger partial charge in [-0.1, -0.05) is 25.3 Å². The molecule has 1 aliphatic carbocycles. The highest BCUT2D eigenvalue weighted by molar-refractivity contribution is 5.85. The van der Waals surface area contributed by atoms with Crippen molar-refractivity contribution in [2.45, 2.75) is 38.1 Å². The molecule has 0 amide bonds. The van der Waals surface area contributed by atoms with Gasteiger partial charge in [0.2, 0.25) is 0 Å². The van der Waals surface area contributed by atoms with Gasteiger partial charge in [-0.15, -0.1) is 19.0 Å². The second-order valence-electron chi connectivity index (χ2n) is 3.03. The third kappa shape index (κ3) is 4.44. The van der Waals surface area contributed by atoms with Gasteiger partial charge in [-0.25, -0.2) is 0 Å². The molecule has 0 bridgehead atoms. The van der Waals surface area contributed by atoms with E-state index in [1.54, 1.807) is 0 Å². The predicted octanol–water partition coefficient (Wildman–Crippen LogP) is 2.52. The molecule has 0 radical (unpaired) electrons. The van der Waals surface area contributed by atoms with Crippen LogP contribution in [0.5, 0.6) is 0 Å². The Bertz CT molecular complexity index is 97.7. The van der Waals surface area contributed by atoms with E-state index >= 15 is 0 Å². The summed E-state index contributed by atoms with van der Waals surface area (Å²) in [5, 5.41) is 3.45. The van der Waals surface area contributed by atoms with Gasteiger partial charge in [0.15, 0.2) is 0 Å². The molecule has 2 heteroatoms. The molecule has 0 heterocycles. The van der Waals surface area contributed by atoms with Gasteiger partial charge >= 0.3 is 0 Å². The van der Waals surface area contributed by atoms with Crippen molar-refractivity contribution in [2.24, 2.45) is 0 Å². The van der Waals surface area contributed by atoms with E-state index in [0.29, 0.717) is 0 Å². The highest BCUT2D eigenvalue weighted by Crippen LogP contribution is 2.16. The maximum atomic E-state index is 3.68. The first-order valence-electron chi connectivity index (χ1n) is 4.28. The zero-order valence-electron chi connectivity index (χ0n) is 7.01. The van der Waals surface area contributed by atoms with Crippen molar-refractivity contribution in [1.82, 2.24) is 5.32 Å². The molecule has 1 rings (SSSR count). The number of halogens is 1. The van der Waals surface area contributed by atoms with E-state index < -0.39 is 0 Å². The lowest BCUT2D eigenvalue weighted by molar-refractivity contribution is 0.385. The number of nitrogens with one attached hydrogen (secondary N) is 1. The Morgan fingerprint density at radius 2 is 1.91 bits per heavy atom. The van der Waals surface area contributed by atoms with Crippen LogP contribution in [0.2, 0.25) is 0 Å². The van der Waals surface area contributed by atoms with Gasteiger partial charge in [-0.2, -0.15) is 0 Å². The van der Waals surface area contributed by atoms with Crippen LogP contribution in [0.4, 0.5) is 0 Å². The van der Waals surface area contributed by atoms with Crippen molar-refractivity contribution >= 4 is 12.4 Å². The van der Waals surface area contributed by atoms with Gasteiger partial charge in [0.1, 0.15) is 0 Å². The maximum Gasteiger partial charge on any atom is 0.0134 e. The summed E-state index contributed by atoms with van der Waals surface area (Å²) in [6.45, 7) is 4.66. The Hall–Kier alpha value is -0.0100. The highest BCUT2D eigenvalue weighted by atomic mass is 35.5. The van der Waals surface area contributed by atoms with E-state index in [4.69, 9.17) is 0 Å². The lowest BCUT2D eigenvalue weighted by atomic mass is 9.96. The van der Waals surface area contributed by atoms with Gasteiger partial charge in [-0.05, 0) is 12.8 Å². The fraction of sp³-hybridized carbons (Fsp3) is 0.778. The third-order valence-electron chi connectivity index (χ3n) is 2.16. The van der Waals surface area contributed by atoms with E-state index in [1.165, 1.54) is 32.1 Å². The first-order valence-corrected chi connectivity index (χ1v) is 4.28. The Morgan fingerprint density at radius 3 is 2.45 bits per heavy atom. The van der Waals surface area contributed by atoms with Crippen LogP contribution in [-0.4, -0.2) is 12.6 Å². The van der Waals surface area contributed by atoms with Crippen LogP contribution in [0, 0.1) is 0 Å². The van der Waals surface area contributed by atoms with Crippen LogP contribution in [0.3, 0.4) is 0 Å². The fourth-order valence-corrected chi connectivity index (χ4v) is 1.56. The third-order valence-corrected chi connectivity index (χ3v) is 2.16. The summed E-state index contributed by atoms with van der Waals surface area (Å²) in [5.41, 5.74) is 0. The molecule has 0 aromatic carbocycles. The molecule has 0 atom stereocenters. The normalized spacial score (nSPS) is 18.9. The SMILES string of the molecule is C=CCNC1CCCCC1.Cl. The minimum Gasteiger partial charge on any atom is -0.311 e. The molecule has 0 saturated heterocycles. The Labute approximate surface area is 75.7 Å². The van der Waals surface area contributed by atoms with Gasteiger partial charge in [0, 0.05) is 12.6 Å². The van der Waals surface area contributed by atoms with Crippen molar-refractivity contribution in [3.63, 3.8) is 0 Å². The quantitative estimate of drug-likeness (QED) is 0.651. The molecule has 1 nitrogen and oxygen atoms in total. The molecule has 66 valence electrons. The molecule has 0 aromatic rings. The second kappa shape index (κ2) is 6.68. The lowest BCUT2D eigenvalue weighted by Crippen LogP contribution is -2.30. The summed E-state index contributed by atoms with van der Waals surface area (Å²) in [6, 6.07) is 0.784. The fourth-order valence-electron chi connectivity index (χ4n) is 1.56. The van der Waals surface area contributed by atoms with E-state index in [0.717, 1.165) is 12.6 Å². The molecular weight excluding hydrogens is 158 g/mol. The van der Waals surface area contributed by atoms with Crippen molar-refractivity contribution in [2.75, 3.05) is 6.54 Å². The predicted molar refractivity (Wildman–Crippen MR) is 52.3 cm³/mol. The molecule has 0 aromatic heterocycles. The molecule has 0 aliphatic heterocycles. The van der Waals surface area contributed by atoms with Gasteiger partial charge in [-0.3, -0.25) is 0 Å². The van der Waals surface area contributed by atoms with E-state index in [-0.39, 0.29) is 12.4 Å². The number of rotatable bonds is 3. The summed E-state index contributed by atoms with van der Waals surface area (Å²) in [4.78, 5) is 0. The highest BCUT2D eigenvalue weighted by Gasteiger charge is 2.10. The molecule has 1 saturated carbocycles. The monoisotopic (exact) mass is 175 g/mol. The zero-order valence-corrected chi connectivity index (χ0v) is 7.83. The van der Waals surface area contributed by atoms with Crippen LogP contribution in [0.1, 0.15) is 32.1 Å². The van der Waals surface area contributed by atoms with E-state index in [9.17, 15) is 0 Å². The number of hydrogen-bond acceptors (Lipinski definition) is 1. The smallest absolute Gasteiger partial charge is 0.0134 e. The van der Waals surface area contributed by atoms with E-state index in [1.807, 2.05) is 6.08 Å². The van der Waals surface area contributed by atoms with Crippen LogP contribution < -0.4 is 5.32 Å². The molecule has 1 N–H and O–H groups in total. The summed E-state index contributed by atoms with van der Waals surface area (Å²) in [7, 11) is 0. The molecule has 0 spiro atoms. The first kappa shape index (κ1) is 11.0. The van der Waals surface area contributed by atoms with Crippen molar-refractivity contribution in [1.29, 1.82) is 0 Å². The van der Waals surface area contributed by atoms with Crippen LogP contribution in [0.15, 0.2) is 12.7 Å². The molecule has 0 unspecified atom stereocenters. The topological polar surface area (TPSA) is 12.0 Å². The molecule has 1 fully saturated rings. The van der Waals surface area contributed by atoms with Crippen molar-refractivity contribution in [3.8, 4) is 0 Å². The molecule has 1 aliphatic rings. The lowest BCUT2D eigenvalue weighted by Gasteiger charge is -2.21. The summed E-state index contributed by atoms with van der Waals surface area (Å²) in [5.74, 6) is 0. The molecular formula is C9H18ClN. The minimum atomic E-state index is 0. The van der Waals surface area contributed by atoms with Gasteiger partial charge < -0.3 is 5.32 Å². The average molecular weight is 176 g/mol. The minimum absolute atomic E-state index is 0. The van der Waals surface area contributed by atoms with Crippen LogP contribution >= 0.6 is 12.4 Å². The second-order valence-corrected chi connectivity index (χ2v) is 3.03. The summed E-state index contributed by atoms with van der Waals surface area (Å²) >= 11 is 0. The Kier molecular flexibility index (Phi) is 6.68. The average Bonchev–Trinajstić information content (AvgIpc) is 2.03. The largest absolute Gasteiger partial charge is 0.311 e. The van der Waals surface area contributed by atoms with Gasteiger partial charge in [0.25, 0.3) is 0 Å². The Balaban J connectivity index is 0.000001000. The Morgan fingerprint density at radius 1 is 1.27 bits per heavy atom. The summed E-state index contributed by atoms with van der Waals surface area (Å²) in [6.07, 6.45) is 8.94. The molecule has 11 heavy (non-hydrogen) atoms. The standard InChI is InChI=1S/C9H17N.ClH/c1-2-8-10-9-6-4-3-5-7-9;/h2,9-10H,1,3-8H2;1H. The van der Waals surface area contributed by atoms with Gasteiger partial charge in [0.05, 0.1) is 0 Å².